The van der Waals surface area contributed by atoms with Crippen LogP contribution in [0, 0.1) is 5.82 Å². The Labute approximate surface area is 151 Å². The van der Waals surface area contributed by atoms with Crippen molar-refractivity contribution in [1.82, 2.24) is 15.1 Å². The summed E-state index contributed by atoms with van der Waals surface area (Å²) in [6.07, 6.45) is 0. The Morgan fingerprint density at radius 2 is 1.92 bits per heavy atom. The van der Waals surface area contributed by atoms with E-state index in [0.717, 1.165) is 11.3 Å². The van der Waals surface area contributed by atoms with Crippen molar-refractivity contribution in [2.24, 2.45) is 0 Å². The minimum Gasteiger partial charge on any atom is -0.496 e. The van der Waals surface area contributed by atoms with Crippen LogP contribution in [0.2, 0.25) is 0 Å². The fraction of sp³-hybridized carbons (Fsp3) is 0.200. The van der Waals surface area contributed by atoms with Gasteiger partial charge in [-0.05, 0) is 31.2 Å². The molecule has 0 fully saturated rings. The smallest absolute Gasteiger partial charge is 0.272 e. The number of aromatic nitrogens is 2. The summed E-state index contributed by atoms with van der Waals surface area (Å²) in [5.41, 5.74) is 2.36. The minimum atomic E-state index is -0.350. The predicted octanol–water partition coefficient (Wildman–Crippen LogP) is 3.65. The molecule has 0 aliphatic heterocycles. The lowest BCUT2D eigenvalue weighted by Crippen LogP contribution is -2.24. The van der Waals surface area contributed by atoms with E-state index in [1.54, 1.807) is 36.1 Å². The SMILES string of the molecule is CCn1nc(C(=O)NCc2ccccc2F)cc1-c1ccccc1OC. The van der Waals surface area contributed by atoms with Crippen LogP contribution in [-0.4, -0.2) is 22.8 Å². The first-order valence-electron chi connectivity index (χ1n) is 8.37. The third kappa shape index (κ3) is 3.59. The standard InChI is InChI=1S/C20H20FN3O2/c1-3-24-18(15-9-5-7-11-19(15)26-2)12-17(23-24)20(25)22-13-14-8-4-6-10-16(14)21/h4-12H,3,13H2,1-2H3,(H,22,25). The van der Waals surface area contributed by atoms with Gasteiger partial charge in [0, 0.05) is 24.2 Å². The van der Waals surface area contributed by atoms with E-state index in [9.17, 15) is 9.18 Å². The zero-order valence-electron chi connectivity index (χ0n) is 14.7. The van der Waals surface area contributed by atoms with Gasteiger partial charge in [-0.15, -0.1) is 0 Å². The molecule has 6 heteroatoms. The molecular formula is C20H20FN3O2. The molecule has 0 saturated heterocycles. The lowest BCUT2D eigenvalue weighted by Gasteiger charge is -2.09. The van der Waals surface area contributed by atoms with Gasteiger partial charge in [-0.1, -0.05) is 30.3 Å². The molecule has 3 rings (SSSR count). The van der Waals surface area contributed by atoms with Gasteiger partial charge in [0.05, 0.1) is 12.8 Å². The number of benzene rings is 2. The molecule has 0 atom stereocenters. The second-order valence-electron chi connectivity index (χ2n) is 5.70. The number of aryl methyl sites for hydroxylation is 1. The molecule has 2 aromatic carbocycles. The summed E-state index contributed by atoms with van der Waals surface area (Å²) >= 11 is 0. The third-order valence-electron chi connectivity index (χ3n) is 4.09. The van der Waals surface area contributed by atoms with Crippen molar-refractivity contribution >= 4 is 5.91 Å². The molecule has 1 aromatic heterocycles. The number of nitrogens with one attached hydrogen (secondary N) is 1. The van der Waals surface area contributed by atoms with Gasteiger partial charge in [0.25, 0.3) is 5.91 Å². The van der Waals surface area contributed by atoms with E-state index in [1.807, 2.05) is 31.2 Å². The molecule has 0 aliphatic rings. The fourth-order valence-corrected chi connectivity index (χ4v) is 2.75. The fourth-order valence-electron chi connectivity index (χ4n) is 2.75. The molecule has 1 heterocycles. The molecule has 134 valence electrons. The van der Waals surface area contributed by atoms with Crippen LogP contribution in [0.3, 0.4) is 0 Å². The second-order valence-corrected chi connectivity index (χ2v) is 5.70. The maximum absolute atomic E-state index is 13.7. The number of ether oxygens (including phenoxy) is 1. The van der Waals surface area contributed by atoms with Gasteiger partial charge in [-0.2, -0.15) is 5.10 Å². The van der Waals surface area contributed by atoms with E-state index >= 15 is 0 Å². The zero-order chi connectivity index (χ0) is 18.5. The number of nitrogens with zero attached hydrogens (tertiary/aromatic N) is 2. The predicted molar refractivity (Wildman–Crippen MR) is 97.5 cm³/mol. The molecule has 0 bridgehead atoms. The van der Waals surface area contributed by atoms with Crippen molar-refractivity contribution in [2.75, 3.05) is 7.11 Å². The highest BCUT2D eigenvalue weighted by Crippen LogP contribution is 2.30. The largest absolute Gasteiger partial charge is 0.496 e. The molecule has 26 heavy (non-hydrogen) atoms. The molecule has 1 amide bonds. The molecule has 1 N–H and O–H groups in total. The first kappa shape index (κ1) is 17.7. The quantitative estimate of drug-likeness (QED) is 0.736. The molecule has 0 spiro atoms. The van der Waals surface area contributed by atoms with Crippen LogP contribution in [0.15, 0.2) is 54.6 Å². The van der Waals surface area contributed by atoms with Crippen LogP contribution < -0.4 is 10.1 Å². The summed E-state index contributed by atoms with van der Waals surface area (Å²) in [6, 6.07) is 15.6. The Kier molecular flexibility index (Phi) is 5.31. The number of para-hydroxylation sites is 1. The number of carbonyl (C=O) groups is 1. The summed E-state index contributed by atoms with van der Waals surface area (Å²) in [5.74, 6) is 0.0126. The molecule has 0 saturated carbocycles. The normalized spacial score (nSPS) is 10.6. The summed E-state index contributed by atoms with van der Waals surface area (Å²) in [7, 11) is 1.60. The van der Waals surface area contributed by atoms with Gasteiger partial charge < -0.3 is 10.1 Å². The monoisotopic (exact) mass is 353 g/mol. The van der Waals surface area contributed by atoms with Crippen LogP contribution in [0.25, 0.3) is 11.3 Å². The van der Waals surface area contributed by atoms with Crippen molar-refractivity contribution < 1.29 is 13.9 Å². The third-order valence-corrected chi connectivity index (χ3v) is 4.09. The van der Waals surface area contributed by atoms with Crippen LogP contribution in [0.5, 0.6) is 5.75 Å². The summed E-state index contributed by atoms with van der Waals surface area (Å²) in [4.78, 5) is 12.5. The Morgan fingerprint density at radius 3 is 2.65 bits per heavy atom. The Morgan fingerprint density at radius 1 is 1.19 bits per heavy atom. The van der Waals surface area contributed by atoms with Crippen LogP contribution in [-0.2, 0) is 13.1 Å². The first-order chi connectivity index (χ1) is 12.6. The second kappa shape index (κ2) is 7.82. The Hall–Kier alpha value is -3.15. The van der Waals surface area contributed by atoms with Crippen molar-refractivity contribution in [1.29, 1.82) is 0 Å². The van der Waals surface area contributed by atoms with Crippen molar-refractivity contribution in [2.45, 2.75) is 20.0 Å². The highest BCUT2D eigenvalue weighted by atomic mass is 19.1. The number of rotatable bonds is 6. The van der Waals surface area contributed by atoms with Crippen LogP contribution in [0.1, 0.15) is 23.0 Å². The van der Waals surface area contributed by atoms with Crippen molar-refractivity contribution in [3.05, 3.63) is 71.7 Å². The van der Waals surface area contributed by atoms with Crippen LogP contribution in [0.4, 0.5) is 4.39 Å². The molecular weight excluding hydrogens is 333 g/mol. The number of amides is 1. The van der Waals surface area contributed by atoms with E-state index in [2.05, 4.69) is 10.4 Å². The van der Waals surface area contributed by atoms with Crippen molar-refractivity contribution in [3.8, 4) is 17.0 Å². The van der Waals surface area contributed by atoms with Gasteiger partial charge in [-0.25, -0.2) is 4.39 Å². The van der Waals surface area contributed by atoms with Gasteiger partial charge in [0.15, 0.2) is 5.69 Å². The maximum Gasteiger partial charge on any atom is 0.272 e. The molecule has 0 radical (unpaired) electrons. The minimum absolute atomic E-state index is 0.106. The van der Waals surface area contributed by atoms with Crippen molar-refractivity contribution in [3.63, 3.8) is 0 Å². The van der Waals surface area contributed by atoms with E-state index < -0.39 is 0 Å². The van der Waals surface area contributed by atoms with E-state index in [1.165, 1.54) is 6.07 Å². The van der Waals surface area contributed by atoms with Crippen LogP contribution >= 0.6 is 0 Å². The summed E-state index contributed by atoms with van der Waals surface area (Å²) in [5, 5.41) is 7.09. The van der Waals surface area contributed by atoms with E-state index in [4.69, 9.17) is 4.74 Å². The molecule has 3 aromatic rings. The number of halogens is 1. The average Bonchev–Trinajstić information content (AvgIpc) is 3.11. The zero-order valence-corrected chi connectivity index (χ0v) is 14.7. The molecule has 0 aliphatic carbocycles. The van der Waals surface area contributed by atoms with Gasteiger partial charge in [-0.3, -0.25) is 9.48 Å². The van der Waals surface area contributed by atoms with E-state index in [-0.39, 0.29) is 24.0 Å². The molecule has 0 unspecified atom stereocenters. The van der Waals surface area contributed by atoms with E-state index in [0.29, 0.717) is 17.9 Å². The highest BCUT2D eigenvalue weighted by molar-refractivity contribution is 5.93. The molecule has 5 nitrogen and oxygen atoms in total. The van der Waals surface area contributed by atoms with Gasteiger partial charge in [0.1, 0.15) is 11.6 Å². The lowest BCUT2D eigenvalue weighted by atomic mass is 10.1. The number of hydrogen-bond acceptors (Lipinski definition) is 3. The lowest BCUT2D eigenvalue weighted by molar-refractivity contribution is 0.0944. The van der Waals surface area contributed by atoms with Gasteiger partial charge >= 0.3 is 0 Å². The Bertz CT molecular complexity index is 921. The summed E-state index contributed by atoms with van der Waals surface area (Å²) in [6.45, 7) is 2.66. The average molecular weight is 353 g/mol. The summed E-state index contributed by atoms with van der Waals surface area (Å²) < 4.78 is 20.8. The Balaban J connectivity index is 1.84. The highest BCUT2D eigenvalue weighted by Gasteiger charge is 2.17. The maximum atomic E-state index is 13.7. The topological polar surface area (TPSA) is 56.2 Å². The first-order valence-corrected chi connectivity index (χ1v) is 8.37. The number of methoxy groups -OCH3 is 1. The number of hydrogen-bond donors (Lipinski definition) is 1. The van der Waals surface area contributed by atoms with Gasteiger partial charge in [0.2, 0.25) is 0 Å². The number of carbonyl (C=O) groups excluding carboxylic acids is 1.